The molecule has 0 aliphatic carbocycles. The van der Waals surface area contributed by atoms with Gasteiger partial charge in [-0.05, 0) is 54.3 Å². The number of nitrogens with one attached hydrogen (secondary N) is 1. The predicted molar refractivity (Wildman–Crippen MR) is 120 cm³/mol. The maximum atomic E-state index is 12.6. The van der Waals surface area contributed by atoms with E-state index in [2.05, 4.69) is 26.2 Å². The SMILES string of the molecule is CCOc1ccc(Br)cc1/C=N/c1sccc1C(=O)NCc1ccc(Cl)cc1. The molecule has 4 nitrogen and oxygen atoms in total. The van der Waals surface area contributed by atoms with Crippen LogP contribution in [0.4, 0.5) is 5.00 Å². The molecule has 3 aromatic rings. The van der Waals surface area contributed by atoms with Crippen molar-refractivity contribution in [2.75, 3.05) is 6.61 Å². The van der Waals surface area contributed by atoms with Crippen molar-refractivity contribution in [3.8, 4) is 5.75 Å². The Morgan fingerprint density at radius 2 is 2.04 bits per heavy atom. The Kier molecular flexibility index (Phi) is 7.25. The van der Waals surface area contributed by atoms with Crippen molar-refractivity contribution in [2.45, 2.75) is 13.5 Å². The zero-order valence-electron chi connectivity index (χ0n) is 15.1. The Morgan fingerprint density at radius 3 is 2.79 bits per heavy atom. The van der Waals surface area contributed by atoms with E-state index in [-0.39, 0.29) is 5.91 Å². The molecule has 3 rings (SSSR count). The molecule has 144 valence electrons. The number of ether oxygens (including phenoxy) is 1. The van der Waals surface area contributed by atoms with Gasteiger partial charge in [-0.2, -0.15) is 0 Å². The smallest absolute Gasteiger partial charge is 0.254 e. The zero-order chi connectivity index (χ0) is 19.9. The fourth-order valence-electron chi connectivity index (χ4n) is 2.49. The highest BCUT2D eigenvalue weighted by molar-refractivity contribution is 9.10. The topological polar surface area (TPSA) is 50.7 Å². The molecule has 1 heterocycles. The van der Waals surface area contributed by atoms with Gasteiger partial charge in [-0.3, -0.25) is 4.79 Å². The maximum absolute atomic E-state index is 12.6. The molecule has 1 N–H and O–H groups in total. The van der Waals surface area contributed by atoms with Crippen LogP contribution < -0.4 is 10.1 Å². The van der Waals surface area contributed by atoms with Gasteiger partial charge >= 0.3 is 0 Å². The summed E-state index contributed by atoms with van der Waals surface area (Å²) in [6.45, 7) is 2.93. The molecule has 28 heavy (non-hydrogen) atoms. The second-order valence-corrected chi connectivity index (χ2v) is 8.07. The number of aliphatic imine (C=N–C) groups is 1. The van der Waals surface area contributed by atoms with Crippen LogP contribution in [0.5, 0.6) is 5.75 Å². The fourth-order valence-corrected chi connectivity index (χ4v) is 3.73. The van der Waals surface area contributed by atoms with Gasteiger partial charge in [-0.1, -0.05) is 39.7 Å². The summed E-state index contributed by atoms with van der Waals surface area (Å²) in [7, 11) is 0. The number of hydrogen-bond acceptors (Lipinski definition) is 4. The van der Waals surface area contributed by atoms with Crippen LogP contribution in [0.2, 0.25) is 5.02 Å². The van der Waals surface area contributed by atoms with Gasteiger partial charge in [0.2, 0.25) is 0 Å². The summed E-state index contributed by atoms with van der Waals surface area (Å²) >= 11 is 10.8. The van der Waals surface area contributed by atoms with Crippen molar-refractivity contribution in [1.82, 2.24) is 5.32 Å². The minimum absolute atomic E-state index is 0.164. The summed E-state index contributed by atoms with van der Waals surface area (Å²) in [6, 6.07) is 14.9. The van der Waals surface area contributed by atoms with Crippen molar-refractivity contribution < 1.29 is 9.53 Å². The van der Waals surface area contributed by atoms with Gasteiger partial charge < -0.3 is 10.1 Å². The van der Waals surface area contributed by atoms with Gasteiger partial charge in [0.1, 0.15) is 10.8 Å². The summed E-state index contributed by atoms with van der Waals surface area (Å²) in [5.74, 6) is 0.586. The van der Waals surface area contributed by atoms with Crippen molar-refractivity contribution >= 4 is 56.0 Å². The van der Waals surface area contributed by atoms with Crippen LogP contribution in [0.3, 0.4) is 0 Å². The average Bonchev–Trinajstić information content (AvgIpc) is 3.16. The fraction of sp³-hybridized carbons (Fsp3) is 0.143. The van der Waals surface area contributed by atoms with Crippen LogP contribution in [-0.4, -0.2) is 18.7 Å². The zero-order valence-corrected chi connectivity index (χ0v) is 18.3. The minimum Gasteiger partial charge on any atom is -0.493 e. The number of halogens is 2. The first-order chi connectivity index (χ1) is 13.6. The molecule has 0 saturated heterocycles. The number of carbonyl (C=O) groups excluding carboxylic acids is 1. The summed E-state index contributed by atoms with van der Waals surface area (Å²) in [4.78, 5) is 17.1. The number of amides is 1. The second-order valence-electron chi connectivity index (χ2n) is 5.82. The van der Waals surface area contributed by atoms with E-state index in [1.807, 2.05) is 42.6 Å². The van der Waals surface area contributed by atoms with Crippen LogP contribution in [0.25, 0.3) is 0 Å². The second kappa shape index (κ2) is 9.87. The van der Waals surface area contributed by atoms with Crippen LogP contribution in [0.15, 0.2) is 63.4 Å². The van der Waals surface area contributed by atoms with E-state index >= 15 is 0 Å². The normalized spacial score (nSPS) is 11.0. The van der Waals surface area contributed by atoms with Gasteiger partial charge in [-0.25, -0.2) is 4.99 Å². The molecule has 7 heteroatoms. The van der Waals surface area contributed by atoms with Crippen molar-refractivity contribution in [3.05, 3.63) is 80.1 Å². The molecule has 0 fully saturated rings. The number of carbonyl (C=O) groups is 1. The number of benzene rings is 2. The van der Waals surface area contributed by atoms with Gasteiger partial charge in [0.15, 0.2) is 0 Å². The van der Waals surface area contributed by atoms with Gasteiger partial charge in [0, 0.05) is 27.8 Å². The molecular weight excluding hydrogens is 460 g/mol. The monoisotopic (exact) mass is 476 g/mol. The summed E-state index contributed by atoms with van der Waals surface area (Å²) in [6.07, 6.45) is 1.72. The molecule has 0 aliphatic heterocycles. The lowest BCUT2D eigenvalue weighted by Gasteiger charge is -2.07. The standard InChI is InChI=1S/C21H18BrClN2O2S/c1-2-27-19-8-5-16(22)11-15(19)13-25-21-18(9-10-28-21)20(26)24-12-14-3-6-17(23)7-4-14/h3-11,13H,2,12H2,1H3,(H,24,26)/b25-13+. The Bertz CT molecular complexity index is 986. The molecular formula is C21H18BrClN2O2S. The lowest BCUT2D eigenvalue weighted by atomic mass is 10.2. The summed E-state index contributed by atoms with van der Waals surface area (Å²) in [5.41, 5.74) is 2.37. The summed E-state index contributed by atoms with van der Waals surface area (Å²) < 4.78 is 6.57. The van der Waals surface area contributed by atoms with E-state index in [4.69, 9.17) is 16.3 Å². The highest BCUT2D eigenvalue weighted by atomic mass is 79.9. The van der Waals surface area contributed by atoms with E-state index < -0.39 is 0 Å². The highest BCUT2D eigenvalue weighted by Crippen LogP contribution is 2.28. The third-order valence-corrected chi connectivity index (χ3v) is 5.41. The van der Waals surface area contributed by atoms with Crippen molar-refractivity contribution in [2.24, 2.45) is 4.99 Å². The van der Waals surface area contributed by atoms with Crippen LogP contribution in [-0.2, 0) is 6.54 Å². The van der Waals surface area contributed by atoms with Gasteiger partial charge in [0.25, 0.3) is 5.91 Å². The number of rotatable bonds is 7. The lowest BCUT2D eigenvalue weighted by Crippen LogP contribution is -2.22. The molecule has 0 saturated carbocycles. The lowest BCUT2D eigenvalue weighted by molar-refractivity contribution is 0.0952. The molecule has 0 radical (unpaired) electrons. The quantitative estimate of drug-likeness (QED) is 0.409. The molecule has 0 aliphatic rings. The number of hydrogen-bond donors (Lipinski definition) is 1. The van der Waals surface area contributed by atoms with Gasteiger partial charge in [0.05, 0.1) is 12.2 Å². The Balaban J connectivity index is 1.73. The minimum atomic E-state index is -0.164. The Labute approximate surface area is 181 Å². The summed E-state index contributed by atoms with van der Waals surface area (Å²) in [5, 5.41) is 6.09. The van der Waals surface area contributed by atoms with Crippen molar-refractivity contribution in [3.63, 3.8) is 0 Å². The number of nitrogens with zero attached hydrogens (tertiary/aromatic N) is 1. The molecule has 2 aromatic carbocycles. The van der Waals surface area contributed by atoms with E-state index in [1.54, 1.807) is 24.4 Å². The molecule has 1 amide bonds. The van der Waals surface area contributed by atoms with E-state index in [0.717, 1.165) is 21.3 Å². The third kappa shape index (κ3) is 5.44. The highest BCUT2D eigenvalue weighted by Gasteiger charge is 2.12. The Morgan fingerprint density at radius 1 is 1.25 bits per heavy atom. The van der Waals surface area contributed by atoms with Crippen molar-refractivity contribution in [1.29, 1.82) is 0 Å². The van der Waals surface area contributed by atoms with E-state index in [9.17, 15) is 4.79 Å². The molecule has 0 atom stereocenters. The van der Waals surface area contributed by atoms with Crippen LogP contribution >= 0.6 is 38.9 Å². The van der Waals surface area contributed by atoms with E-state index in [0.29, 0.717) is 28.7 Å². The first kappa shape index (κ1) is 20.6. The molecule has 0 bridgehead atoms. The van der Waals surface area contributed by atoms with Crippen LogP contribution in [0.1, 0.15) is 28.4 Å². The van der Waals surface area contributed by atoms with Gasteiger partial charge in [-0.15, -0.1) is 11.3 Å². The Hall–Kier alpha value is -2.15. The van der Waals surface area contributed by atoms with Crippen LogP contribution in [0, 0.1) is 0 Å². The molecule has 0 unspecified atom stereocenters. The predicted octanol–water partition coefficient (Wildman–Crippen LogP) is 6.24. The maximum Gasteiger partial charge on any atom is 0.254 e. The largest absolute Gasteiger partial charge is 0.493 e. The van der Waals surface area contributed by atoms with E-state index in [1.165, 1.54) is 11.3 Å². The number of thiophene rings is 1. The molecule has 0 spiro atoms. The molecule has 1 aromatic heterocycles. The third-order valence-electron chi connectivity index (χ3n) is 3.85. The first-order valence-corrected chi connectivity index (χ1v) is 10.7. The first-order valence-electron chi connectivity index (χ1n) is 8.63. The average molecular weight is 478 g/mol.